The summed E-state index contributed by atoms with van der Waals surface area (Å²) in [5.74, 6) is -0.656. The molecule has 0 unspecified atom stereocenters. The number of fused-ring (bicyclic) bond motifs is 1. The number of cyclic esters (lactones) is 1. The summed E-state index contributed by atoms with van der Waals surface area (Å²) < 4.78 is 16.0. The van der Waals surface area contributed by atoms with E-state index in [0.717, 1.165) is 5.56 Å². The molecule has 3 atom stereocenters. The van der Waals surface area contributed by atoms with Crippen LogP contribution in [0.3, 0.4) is 0 Å². The molecule has 0 radical (unpaired) electrons. The van der Waals surface area contributed by atoms with Gasteiger partial charge in [0, 0.05) is 5.92 Å². The number of hydrogen-bond acceptors (Lipinski definition) is 5. The zero-order valence-electron chi connectivity index (χ0n) is 11.0. The Morgan fingerprint density at radius 3 is 2.60 bits per heavy atom. The van der Waals surface area contributed by atoms with Gasteiger partial charge < -0.3 is 14.2 Å². The molecule has 5 nitrogen and oxygen atoms in total. The Hall–Kier alpha value is -1.88. The summed E-state index contributed by atoms with van der Waals surface area (Å²) in [6, 6.07) is 9.77. The maximum absolute atomic E-state index is 11.5. The van der Waals surface area contributed by atoms with Crippen molar-refractivity contribution in [1.82, 2.24) is 0 Å². The molecule has 2 fully saturated rings. The third-order valence-corrected chi connectivity index (χ3v) is 3.68. The van der Waals surface area contributed by atoms with E-state index in [1.807, 2.05) is 30.3 Å². The minimum absolute atomic E-state index is 0.0732. The van der Waals surface area contributed by atoms with E-state index in [1.54, 1.807) is 0 Å². The lowest BCUT2D eigenvalue weighted by atomic mass is 9.91. The van der Waals surface area contributed by atoms with Crippen LogP contribution in [0, 0.1) is 5.92 Å². The molecule has 0 aromatic heterocycles. The fourth-order valence-corrected chi connectivity index (χ4v) is 2.69. The lowest BCUT2D eigenvalue weighted by molar-refractivity contribution is -0.171. The molecule has 2 aliphatic heterocycles. The summed E-state index contributed by atoms with van der Waals surface area (Å²) in [6.07, 6.45) is -0.270. The topological polar surface area (TPSA) is 61.8 Å². The van der Waals surface area contributed by atoms with Crippen LogP contribution in [0.5, 0.6) is 0 Å². The highest BCUT2D eigenvalue weighted by molar-refractivity contribution is 5.77. The van der Waals surface area contributed by atoms with E-state index in [9.17, 15) is 9.59 Å². The van der Waals surface area contributed by atoms with Gasteiger partial charge in [0.2, 0.25) is 0 Å². The van der Waals surface area contributed by atoms with Gasteiger partial charge in [0.15, 0.2) is 0 Å². The SMILES string of the molecule is O=C1C[C@H]2[C@H](CC(=O)O[C@@H]2COCc2ccccc2)O1. The van der Waals surface area contributed by atoms with Gasteiger partial charge in [0.25, 0.3) is 0 Å². The zero-order valence-corrected chi connectivity index (χ0v) is 11.0. The Morgan fingerprint density at radius 1 is 1.05 bits per heavy atom. The maximum atomic E-state index is 11.5. The first-order chi connectivity index (χ1) is 9.72. The number of benzene rings is 1. The molecule has 0 aliphatic carbocycles. The Morgan fingerprint density at radius 2 is 1.80 bits per heavy atom. The van der Waals surface area contributed by atoms with E-state index < -0.39 is 6.10 Å². The molecule has 1 aromatic carbocycles. The smallest absolute Gasteiger partial charge is 0.309 e. The summed E-state index contributed by atoms with van der Waals surface area (Å²) in [7, 11) is 0. The van der Waals surface area contributed by atoms with Gasteiger partial charge >= 0.3 is 11.9 Å². The lowest BCUT2D eigenvalue weighted by Gasteiger charge is -2.30. The molecule has 0 amide bonds. The van der Waals surface area contributed by atoms with Crippen LogP contribution in [0.25, 0.3) is 0 Å². The summed E-state index contributed by atoms with van der Waals surface area (Å²) >= 11 is 0. The van der Waals surface area contributed by atoms with Crippen LogP contribution in [0.4, 0.5) is 0 Å². The van der Waals surface area contributed by atoms with Crippen LogP contribution in [0.1, 0.15) is 18.4 Å². The molecule has 0 N–H and O–H groups in total. The van der Waals surface area contributed by atoms with Crippen LogP contribution in [0.2, 0.25) is 0 Å². The molecule has 0 bridgehead atoms. The Labute approximate surface area is 116 Å². The number of carbonyl (C=O) groups excluding carboxylic acids is 2. The lowest BCUT2D eigenvalue weighted by Crippen LogP contribution is -2.42. The van der Waals surface area contributed by atoms with Gasteiger partial charge in [0.1, 0.15) is 12.2 Å². The normalized spacial score (nSPS) is 28.7. The number of esters is 2. The molecule has 1 aromatic rings. The van der Waals surface area contributed by atoms with Crippen LogP contribution in [-0.4, -0.2) is 30.8 Å². The Kier molecular flexibility index (Phi) is 3.69. The second-order valence-electron chi connectivity index (χ2n) is 5.13. The third-order valence-electron chi connectivity index (χ3n) is 3.68. The predicted molar refractivity (Wildman–Crippen MR) is 68.6 cm³/mol. The maximum Gasteiger partial charge on any atom is 0.309 e. The first-order valence-electron chi connectivity index (χ1n) is 6.73. The van der Waals surface area contributed by atoms with Gasteiger partial charge in [-0.15, -0.1) is 0 Å². The number of carbonyl (C=O) groups is 2. The largest absolute Gasteiger partial charge is 0.461 e. The molecule has 0 spiro atoms. The van der Waals surface area contributed by atoms with Crippen molar-refractivity contribution >= 4 is 11.9 Å². The molecule has 2 heterocycles. The van der Waals surface area contributed by atoms with E-state index in [-0.39, 0.29) is 30.4 Å². The monoisotopic (exact) mass is 276 g/mol. The van der Waals surface area contributed by atoms with Crippen molar-refractivity contribution in [1.29, 1.82) is 0 Å². The molecule has 0 saturated carbocycles. The second kappa shape index (κ2) is 5.63. The third kappa shape index (κ3) is 2.82. The average Bonchev–Trinajstić information content (AvgIpc) is 2.80. The fraction of sp³-hybridized carbons (Fsp3) is 0.467. The quantitative estimate of drug-likeness (QED) is 0.779. The van der Waals surface area contributed by atoms with E-state index >= 15 is 0 Å². The zero-order chi connectivity index (χ0) is 13.9. The van der Waals surface area contributed by atoms with Gasteiger partial charge in [-0.2, -0.15) is 0 Å². The highest BCUT2D eigenvalue weighted by Crippen LogP contribution is 2.33. The molecule has 3 rings (SSSR count). The van der Waals surface area contributed by atoms with Crippen LogP contribution < -0.4 is 0 Å². The van der Waals surface area contributed by atoms with Crippen molar-refractivity contribution in [3.63, 3.8) is 0 Å². The Balaban J connectivity index is 1.56. The first kappa shape index (κ1) is 13.1. The fourth-order valence-electron chi connectivity index (χ4n) is 2.69. The van der Waals surface area contributed by atoms with Crippen molar-refractivity contribution in [2.75, 3.05) is 6.61 Å². The minimum Gasteiger partial charge on any atom is -0.461 e. The van der Waals surface area contributed by atoms with E-state index in [4.69, 9.17) is 14.2 Å². The number of ether oxygens (including phenoxy) is 3. The van der Waals surface area contributed by atoms with Crippen LogP contribution in [0.15, 0.2) is 30.3 Å². The van der Waals surface area contributed by atoms with Gasteiger partial charge in [-0.1, -0.05) is 30.3 Å². The molecule has 106 valence electrons. The highest BCUT2D eigenvalue weighted by atomic mass is 16.6. The predicted octanol–water partition coefficient (Wildman–Crippen LogP) is 1.45. The van der Waals surface area contributed by atoms with E-state index in [0.29, 0.717) is 19.6 Å². The second-order valence-corrected chi connectivity index (χ2v) is 5.13. The van der Waals surface area contributed by atoms with Gasteiger partial charge in [0.05, 0.1) is 26.1 Å². The van der Waals surface area contributed by atoms with Gasteiger partial charge in [-0.3, -0.25) is 9.59 Å². The van der Waals surface area contributed by atoms with Crippen molar-refractivity contribution in [2.24, 2.45) is 5.92 Å². The number of hydrogen-bond donors (Lipinski definition) is 0. The molecule has 5 heteroatoms. The van der Waals surface area contributed by atoms with Crippen molar-refractivity contribution in [2.45, 2.75) is 31.7 Å². The summed E-state index contributed by atoms with van der Waals surface area (Å²) in [5.41, 5.74) is 1.06. The molecule has 2 aliphatic rings. The summed E-state index contributed by atoms with van der Waals surface area (Å²) in [6.45, 7) is 0.750. The first-order valence-corrected chi connectivity index (χ1v) is 6.73. The van der Waals surface area contributed by atoms with Crippen molar-refractivity contribution < 1.29 is 23.8 Å². The molecular weight excluding hydrogens is 260 g/mol. The summed E-state index contributed by atoms with van der Waals surface area (Å²) in [4.78, 5) is 22.8. The minimum atomic E-state index is -0.392. The Bertz CT molecular complexity index is 498. The number of rotatable bonds is 4. The highest BCUT2D eigenvalue weighted by Gasteiger charge is 2.46. The van der Waals surface area contributed by atoms with E-state index in [2.05, 4.69) is 0 Å². The summed E-state index contributed by atoms with van der Waals surface area (Å²) in [5, 5.41) is 0. The average molecular weight is 276 g/mol. The van der Waals surface area contributed by atoms with Gasteiger partial charge in [-0.25, -0.2) is 0 Å². The van der Waals surface area contributed by atoms with Crippen molar-refractivity contribution in [3.8, 4) is 0 Å². The molecule has 20 heavy (non-hydrogen) atoms. The molecular formula is C15H16O5. The van der Waals surface area contributed by atoms with Crippen LogP contribution >= 0.6 is 0 Å². The van der Waals surface area contributed by atoms with Crippen molar-refractivity contribution in [3.05, 3.63) is 35.9 Å². The van der Waals surface area contributed by atoms with Gasteiger partial charge in [-0.05, 0) is 5.56 Å². The standard InChI is InChI=1S/C15H16O5/c16-14-6-11-12(19-14)7-15(17)20-13(11)9-18-8-10-4-2-1-3-5-10/h1-5,11-13H,6-9H2/t11-,12-,13+/m0/s1. The van der Waals surface area contributed by atoms with Crippen LogP contribution in [-0.2, 0) is 30.4 Å². The molecule has 2 saturated heterocycles. The van der Waals surface area contributed by atoms with E-state index in [1.165, 1.54) is 0 Å².